The van der Waals surface area contributed by atoms with Crippen LogP contribution in [-0.4, -0.2) is 12.6 Å². The highest BCUT2D eigenvalue weighted by molar-refractivity contribution is 5.73. The number of para-hydroxylation sites is 1. The van der Waals surface area contributed by atoms with Gasteiger partial charge in [0.1, 0.15) is 5.75 Å². The lowest BCUT2D eigenvalue weighted by Crippen LogP contribution is -2.30. The first-order chi connectivity index (χ1) is 9.52. The maximum Gasteiger partial charge on any atom is 0.144 e. The van der Waals surface area contributed by atoms with Crippen molar-refractivity contribution in [3.63, 3.8) is 0 Å². The molecule has 0 bridgehead atoms. The molecule has 0 heterocycles. The van der Waals surface area contributed by atoms with E-state index in [1.807, 2.05) is 18.2 Å². The van der Waals surface area contributed by atoms with Crippen LogP contribution in [0.15, 0.2) is 18.2 Å². The molecule has 20 heavy (non-hydrogen) atoms. The van der Waals surface area contributed by atoms with Gasteiger partial charge in [-0.2, -0.15) is 0 Å². The number of nitrogens with one attached hydrogen (secondary N) is 1. The molecule has 0 aliphatic heterocycles. The van der Waals surface area contributed by atoms with Gasteiger partial charge in [0.05, 0.1) is 18.0 Å². The van der Waals surface area contributed by atoms with Crippen molar-refractivity contribution in [2.75, 3.05) is 17.7 Å². The molecule has 1 aliphatic rings. The normalized spacial score (nSPS) is 18.8. The minimum atomic E-state index is 0.496. The molecule has 3 heteroatoms. The highest BCUT2D eigenvalue weighted by atomic mass is 16.5. The number of ether oxygens (including phenoxy) is 1. The second-order valence-corrected chi connectivity index (χ2v) is 6.65. The molecule has 1 fully saturated rings. The maximum absolute atomic E-state index is 6.21. The molecule has 2 rings (SSSR count). The maximum atomic E-state index is 6.21. The predicted octanol–water partition coefficient (Wildman–Crippen LogP) is 4.44. The van der Waals surface area contributed by atoms with Gasteiger partial charge >= 0.3 is 0 Å². The first-order valence-corrected chi connectivity index (χ1v) is 7.79. The van der Waals surface area contributed by atoms with Gasteiger partial charge in [-0.3, -0.25) is 0 Å². The van der Waals surface area contributed by atoms with E-state index in [0.717, 1.165) is 23.5 Å². The Hall–Kier alpha value is -1.38. The first-order valence-electron chi connectivity index (χ1n) is 7.79. The number of benzene rings is 1. The summed E-state index contributed by atoms with van der Waals surface area (Å²) in [4.78, 5) is 0. The van der Waals surface area contributed by atoms with Crippen molar-refractivity contribution in [3.8, 4) is 5.75 Å². The summed E-state index contributed by atoms with van der Waals surface area (Å²) in [6.45, 7) is 7.53. The lowest BCUT2D eigenvalue weighted by Gasteiger charge is -2.35. The third-order valence-corrected chi connectivity index (χ3v) is 4.23. The minimum absolute atomic E-state index is 0.496. The zero-order valence-electron chi connectivity index (χ0n) is 13.0. The number of rotatable bonds is 5. The van der Waals surface area contributed by atoms with E-state index in [-0.39, 0.29) is 0 Å². The predicted molar refractivity (Wildman–Crippen MR) is 86.3 cm³/mol. The number of anilines is 2. The Balaban J connectivity index is 1.99. The van der Waals surface area contributed by atoms with Gasteiger partial charge in [0.2, 0.25) is 0 Å². The Labute approximate surface area is 122 Å². The molecule has 1 aromatic carbocycles. The average molecular weight is 276 g/mol. The molecule has 0 aromatic heterocycles. The molecule has 0 radical (unpaired) electrons. The number of hydrogen-bond donors (Lipinski definition) is 2. The number of hydrogen-bond acceptors (Lipinski definition) is 3. The van der Waals surface area contributed by atoms with Gasteiger partial charge in [-0.1, -0.05) is 26.8 Å². The minimum Gasteiger partial charge on any atom is -0.491 e. The van der Waals surface area contributed by atoms with E-state index in [0.29, 0.717) is 18.1 Å². The Morgan fingerprint density at radius 3 is 2.65 bits per heavy atom. The Kier molecular flexibility index (Phi) is 4.79. The molecule has 3 nitrogen and oxygen atoms in total. The lowest BCUT2D eigenvalue weighted by molar-refractivity contribution is 0.232. The van der Waals surface area contributed by atoms with Crippen molar-refractivity contribution in [2.45, 2.75) is 58.9 Å². The molecule has 0 unspecified atom stereocenters. The molecule has 112 valence electrons. The van der Waals surface area contributed by atoms with Crippen molar-refractivity contribution in [2.24, 2.45) is 5.41 Å². The van der Waals surface area contributed by atoms with Crippen LogP contribution in [-0.2, 0) is 0 Å². The summed E-state index contributed by atoms with van der Waals surface area (Å²) < 4.78 is 5.68. The van der Waals surface area contributed by atoms with Gasteiger partial charge in [-0.25, -0.2) is 0 Å². The third-order valence-electron chi connectivity index (χ3n) is 4.23. The van der Waals surface area contributed by atoms with Crippen molar-refractivity contribution in [1.82, 2.24) is 0 Å². The molecule has 3 N–H and O–H groups in total. The van der Waals surface area contributed by atoms with Crippen LogP contribution in [0, 0.1) is 5.41 Å². The second-order valence-electron chi connectivity index (χ2n) is 6.65. The summed E-state index contributed by atoms with van der Waals surface area (Å²) in [6, 6.07) is 6.54. The van der Waals surface area contributed by atoms with Crippen molar-refractivity contribution in [3.05, 3.63) is 18.2 Å². The summed E-state index contributed by atoms with van der Waals surface area (Å²) in [5, 5.41) is 3.60. The molecule has 1 aromatic rings. The van der Waals surface area contributed by atoms with E-state index < -0.39 is 0 Å². The van der Waals surface area contributed by atoms with Crippen LogP contribution < -0.4 is 15.8 Å². The van der Waals surface area contributed by atoms with Crippen LogP contribution >= 0.6 is 0 Å². The van der Waals surface area contributed by atoms with E-state index in [1.165, 1.54) is 25.7 Å². The molecule has 1 saturated carbocycles. The Bertz CT molecular complexity index is 433. The van der Waals surface area contributed by atoms with E-state index in [2.05, 4.69) is 26.1 Å². The monoisotopic (exact) mass is 276 g/mol. The van der Waals surface area contributed by atoms with Crippen molar-refractivity contribution >= 4 is 11.4 Å². The molecule has 0 atom stereocenters. The van der Waals surface area contributed by atoms with Crippen LogP contribution in [0.3, 0.4) is 0 Å². The van der Waals surface area contributed by atoms with Gasteiger partial charge in [0, 0.05) is 6.04 Å². The van der Waals surface area contributed by atoms with Crippen LogP contribution in [0.25, 0.3) is 0 Å². The third kappa shape index (κ3) is 3.81. The summed E-state index contributed by atoms with van der Waals surface area (Å²) in [5.41, 5.74) is 8.46. The summed E-state index contributed by atoms with van der Waals surface area (Å²) in [7, 11) is 0. The topological polar surface area (TPSA) is 47.3 Å². The SMILES string of the molecule is CCCOc1cccc(NC2CCC(C)(C)CC2)c1N. The fourth-order valence-electron chi connectivity index (χ4n) is 2.77. The van der Waals surface area contributed by atoms with Crippen LogP contribution in [0.4, 0.5) is 11.4 Å². The Morgan fingerprint density at radius 2 is 2.00 bits per heavy atom. The standard InChI is InChI=1S/C17H28N2O/c1-4-12-20-15-7-5-6-14(16(15)18)19-13-8-10-17(2,3)11-9-13/h5-7,13,19H,4,8-12,18H2,1-3H3. The van der Waals surface area contributed by atoms with E-state index in [9.17, 15) is 0 Å². The highest BCUT2D eigenvalue weighted by Crippen LogP contribution is 2.37. The lowest BCUT2D eigenvalue weighted by atomic mass is 9.75. The molecule has 0 amide bonds. The van der Waals surface area contributed by atoms with Crippen LogP contribution in [0.1, 0.15) is 52.9 Å². The average Bonchev–Trinajstić information content (AvgIpc) is 2.42. The molecule has 0 spiro atoms. The molecular weight excluding hydrogens is 248 g/mol. The summed E-state index contributed by atoms with van der Waals surface area (Å²) in [5.74, 6) is 0.799. The fraction of sp³-hybridized carbons (Fsp3) is 0.647. The van der Waals surface area contributed by atoms with Crippen molar-refractivity contribution < 1.29 is 4.74 Å². The van der Waals surface area contributed by atoms with E-state index in [1.54, 1.807) is 0 Å². The molecular formula is C17H28N2O. The second kappa shape index (κ2) is 6.38. The highest BCUT2D eigenvalue weighted by Gasteiger charge is 2.27. The number of nitrogen functional groups attached to an aromatic ring is 1. The van der Waals surface area contributed by atoms with Crippen LogP contribution in [0.2, 0.25) is 0 Å². The van der Waals surface area contributed by atoms with Crippen molar-refractivity contribution in [1.29, 1.82) is 0 Å². The van der Waals surface area contributed by atoms with E-state index in [4.69, 9.17) is 10.5 Å². The van der Waals surface area contributed by atoms with Gasteiger partial charge in [0.15, 0.2) is 0 Å². The van der Waals surface area contributed by atoms with Gasteiger partial charge < -0.3 is 15.8 Å². The van der Waals surface area contributed by atoms with Gasteiger partial charge in [-0.15, -0.1) is 0 Å². The largest absolute Gasteiger partial charge is 0.491 e. The molecule has 0 saturated heterocycles. The molecule has 1 aliphatic carbocycles. The summed E-state index contributed by atoms with van der Waals surface area (Å²) in [6.07, 6.45) is 5.97. The van der Waals surface area contributed by atoms with Gasteiger partial charge in [-0.05, 0) is 49.7 Å². The van der Waals surface area contributed by atoms with Gasteiger partial charge in [0.25, 0.3) is 0 Å². The zero-order valence-corrected chi connectivity index (χ0v) is 13.0. The van der Waals surface area contributed by atoms with Crippen LogP contribution in [0.5, 0.6) is 5.75 Å². The Morgan fingerprint density at radius 1 is 1.30 bits per heavy atom. The quantitative estimate of drug-likeness (QED) is 0.782. The van der Waals surface area contributed by atoms with E-state index >= 15 is 0 Å². The fourth-order valence-corrected chi connectivity index (χ4v) is 2.77. The number of nitrogens with two attached hydrogens (primary N) is 1. The first kappa shape index (κ1) is 15.0. The summed E-state index contributed by atoms with van der Waals surface area (Å²) >= 11 is 0. The zero-order chi connectivity index (χ0) is 14.6. The smallest absolute Gasteiger partial charge is 0.144 e.